The molecule has 41 nitrogen and oxygen atoms in total. The number of nitrogens with two attached hydrogens (primary N) is 4. The Morgan fingerprint density at radius 3 is 1.62 bits per heavy atom. The van der Waals surface area contributed by atoms with Crippen LogP contribution in [-0.4, -0.2) is 312 Å². The molecule has 6 heterocycles. The number of phenolic OH excluding ortho intramolecular Hbond substituents is 1. The average molecular weight is 1910 g/mol. The Morgan fingerprint density at radius 2 is 1.03 bits per heavy atom. The Kier molecular flexibility index (Phi) is 41.4. The van der Waals surface area contributed by atoms with Gasteiger partial charge in [0, 0.05) is 112 Å². The van der Waals surface area contributed by atoms with Gasteiger partial charge in [-0.3, -0.25) is 76.7 Å². The average Bonchev–Trinajstić information content (AvgIpc) is 1.46. The van der Waals surface area contributed by atoms with Crippen molar-refractivity contribution in [2.24, 2.45) is 28.9 Å². The summed E-state index contributed by atoms with van der Waals surface area (Å²) in [7, 11) is 4.13. The van der Waals surface area contributed by atoms with E-state index in [-0.39, 0.29) is 140 Å². The molecule has 0 unspecified atom stereocenters. The zero-order valence-corrected chi connectivity index (χ0v) is 79.6. The van der Waals surface area contributed by atoms with Crippen LogP contribution in [0.5, 0.6) is 5.75 Å². The van der Waals surface area contributed by atoms with Crippen LogP contribution < -0.4 is 76.1 Å². The van der Waals surface area contributed by atoms with Crippen LogP contribution in [0.15, 0.2) is 97.7 Å². The van der Waals surface area contributed by atoms with Gasteiger partial charge in [0.25, 0.3) is 0 Å². The zero-order valence-electron chi connectivity index (χ0n) is 78.8. The highest BCUT2D eigenvalue weighted by Crippen LogP contribution is 2.28. The van der Waals surface area contributed by atoms with Crippen molar-refractivity contribution in [2.45, 2.75) is 260 Å². The van der Waals surface area contributed by atoms with Gasteiger partial charge in [0.05, 0.1) is 30.4 Å². The first kappa shape index (κ1) is 107. The largest absolute Gasteiger partial charge is 0.508 e. The second-order valence-electron chi connectivity index (χ2n) is 35.8. The molecule has 3 aromatic heterocycles. The standard InChI is InChI=1S/C94H137N23O18S/c1-9-11-28-75-87(128)108-69(40-54(3)4)84(125)112-74(82(123)102-49-79(98)120)51-136-52-80(121)104-72(41-56-31-33-60(118)34-32-56)90(131)113(6)55(5)81(122)106-68(35-38-97)92(133)116-39-21-30-76(116)88(129)110-71(44-59-48-99-53-103-59)86(127)107-67(27-18-20-37-96)93(134)117-50-61(119)45-78(117)89(130)109-70(42-57-46-100-64-24-15-13-22-62(57)64)85(126)105-66(26-17-19-36-95)83(124)111-73(43-58-47-101-65-25-16-14-23-63(58)65)91(132)115(8)77(29-12-10-2)94(135)114(75)7/h13-16,22-25,31-34,46-48,53-55,61,66-78,100-101,118-119H,9-12,17-21,26-30,35-45,49-52,95-97H2,1-8H3,(H2,98,120)(H,99,103)(H,102,123)(H,104,121)(H,105,126)(H,106,122)(H,107,127)(H,108,128)(H,109,130)(H,110,129)(H,111,124)(H,112,125)/t55-,61+,66-,67-,68+,69-,70-,71-,72-,73-,74-,75-,76-,77-,78-/m0/s1. The third-order valence-corrected chi connectivity index (χ3v) is 26.1. The van der Waals surface area contributed by atoms with Crippen molar-refractivity contribution in [1.29, 1.82) is 0 Å². The maximum atomic E-state index is 16.0. The number of imidazole rings is 1. The van der Waals surface area contributed by atoms with E-state index in [1.165, 1.54) is 79.6 Å². The van der Waals surface area contributed by atoms with Gasteiger partial charge in [-0.25, -0.2) is 4.98 Å². The molecule has 3 aliphatic heterocycles. The Hall–Kier alpha value is -12.5. The Morgan fingerprint density at radius 1 is 0.515 bits per heavy atom. The van der Waals surface area contributed by atoms with Crippen LogP contribution in [-0.2, 0) is 102 Å². The van der Waals surface area contributed by atoms with Crippen LogP contribution in [0, 0.1) is 5.92 Å². The first-order chi connectivity index (χ1) is 65.1. The van der Waals surface area contributed by atoms with E-state index >= 15 is 38.4 Å². The van der Waals surface area contributed by atoms with Crippen molar-refractivity contribution in [3.8, 4) is 5.75 Å². The molecule has 0 saturated carbocycles. The van der Waals surface area contributed by atoms with E-state index in [4.69, 9.17) is 22.9 Å². The number of aromatic hydroxyl groups is 1. The number of amides is 16. The number of para-hydroxylation sites is 2. The lowest BCUT2D eigenvalue weighted by Crippen LogP contribution is -2.61. The topological polar surface area (TPSA) is 614 Å². The number of hydrogen-bond acceptors (Lipinski definition) is 23. The van der Waals surface area contributed by atoms with Crippen LogP contribution in [0.3, 0.4) is 0 Å². The highest BCUT2D eigenvalue weighted by Gasteiger charge is 2.47. The SMILES string of the molecule is CCCC[C@H]1C(=O)N(C)[C@@H](CCCC)C(=O)N[C@@H](CC(C)C)C(=O)N[C@H](C(=O)NCC(N)=O)CSCC(=O)N[C@@H](Cc2ccc(O)cc2)C(=O)N(C)[C@@H](C)C(=O)N[C@H](CCN)C(=O)N2CCC[C@H]2C(=O)N[C@@H](Cc2c[nH]cn2)C(=O)N[C@@H](CCCCN)C(=O)N2C[C@H](O)C[C@H]2C(=O)N[C@@H](Cc2c[nH]c3ccccc23)C(=O)N[C@@H](CCCCN)C(=O)N[C@@H](Cc2c[nH]c3ccccc23)C(=O)N1C. The molecule has 6 aromatic rings. The van der Waals surface area contributed by atoms with E-state index in [1.54, 1.807) is 50.5 Å². The molecule has 0 spiro atoms. The molecule has 0 bridgehead atoms. The summed E-state index contributed by atoms with van der Waals surface area (Å²) in [6.07, 6.45) is 6.84. The monoisotopic (exact) mass is 1910 g/mol. The third kappa shape index (κ3) is 30.0. The van der Waals surface area contributed by atoms with Crippen LogP contribution in [0.2, 0.25) is 0 Å². The molecule has 15 atom stereocenters. The van der Waals surface area contributed by atoms with Gasteiger partial charge in [-0.05, 0) is 150 Å². The molecule has 3 fully saturated rings. The number of unbranched alkanes of at least 4 members (excludes halogenated alkanes) is 4. The van der Waals surface area contributed by atoms with Gasteiger partial charge in [0.2, 0.25) is 94.5 Å². The van der Waals surface area contributed by atoms with Crippen molar-refractivity contribution >= 4 is 128 Å². The number of nitrogens with one attached hydrogen (secondary N) is 13. The Balaban J connectivity index is 1.11. The lowest BCUT2D eigenvalue weighted by atomic mass is 9.99. The molecule has 3 saturated heterocycles. The number of hydrogen-bond donors (Lipinski definition) is 19. The fourth-order valence-corrected chi connectivity index (χ4v) is 18.2. The van der Waals surface area contributed by atoms with Gasteiger partial charge in [0.1, 0.15) is 90.3 Å². The Labute approximate surface area is 795 Å². The number of aromatic nitrogens is 4. The van der Waals surface area contributed by atoms with Gasteiger partial charge in [0.15, 0.2) is 0 Å². The quantitative estimate of drug-likeness (QED) is 0.0264. The van der Waals surface area contributed by atoms with Crippen molar-refractivity contribution < 1.29 is 86.9 Å². The minimum atomic E-state index is -1.55. The predicted molar refractivity (Wildman–Crippen MR) is 509 cm³/mol. The maximum absolute atomic E-state index is 16.0. The van der Waals surface area contributed by atoms with Gasteiger partial charge in [-0.1, -0.05) is 102 Å². The summed E-state index contributed by atoms with van der Waals surface area (Å²) in [5, 5.41) is 50.9. The minimum absolute atomic E-state index is 0.00170. The molecular weight excluding hydrogens is 1770 g/mol. The number of nitrogens with zero attached hydrogens (tertiary/aromatic N) is 6. The number of carbonyl (C=O) groups excluding carboxylic acids is 16. The predicted octanol–water partition coefficient (Wildman–Crippen LogP) is -0.453. The van der Waals surface area contributed by atoms with E-state index in [0.29, 0.717) is 82.7 Å². The smallest absolute Gasteiger partial charge is 0.245 e. The summed E-state index contributed by atoms with van der Waals surface area (Å²) in [4.78, 5) is 259. The van der Waals surface area contributed by atoms with Crippen LogP contribution in [0.25, 0.3) is 21.8 Å². The number of aliphatic hydroxyl groups excluding tert-OH is 1. The van der Waals surface area contributed by atoms with Crippen LogP contribution in [0.4, 0.5) is 0 Å². The minimum Gasteiger partial charge on any atom is -0.508 e. The number of H-pyrrole nitrogens is 3. The van der Waals surface area contributed by atoms with E-state index < -0.39 is 204 Å². The summed E-state index contributed by atoms with van der Waals surface area (Å²) < 4.78 is 0. The molecule has 742 valence electrons. The fourth-order valence-electron chi connectivity index (χ4n) is 17.3. The second kappa shape index (κ2) is 52.5. The summed E-state index contributed by atoms with van der Waals surface area (Å²) in [5.41, 5.74) is 26.9. The van der Waals surface area contributed by atoms with Crippen molar-refractivity contribution in [1.82, 2.24) is 97.6 Å². The normalized spacial score (nSPS) is 24.8. The summed E-state index contributed by atoms with van der Waals surface area (Å²) in [5.74, 6) is -14.5. The van der Waals surface area contributed by atoms with Crippen molar-refractivity contribution in [3.63, 3.8) is 0 Å². The summed E-state index contributed by atoms with van der Waals surface area (Å²) in [6, 6.07) is 0.207. The molecule has 0 aliphatic carbocycles. The van der Waals surface area contributed by atoms with Crippen LogP contribution in [0.1, 0.15) is 166 Å². The van der Waals surface area contributed by atoms with E-state index in [2.05, 4.69) is 73.1 Å². The number of aliphatic hydroxyl groups is 1. The first-order valence-electron chi connectivity index (χ1n) is 47.0. The van der Waals surface area contributed by atoms with E-state index in [9.17, 15) is 48.6 Å². The highest BCUT2D eigenvalue weighted by atomic mass is 32.2. The molecule has 136 heavy (non-hydrogen) atoms. The van der Waals surface area contributed by atoms with Crippen molar-refractivity contribution in [2.75, 3.05) is 71.9 Å². The zero-order chi connectivity index (χ0) is 99.0. The first-order valence-corrected chi connectivity index (χ1v) is 48.1. The lowest BCUT2D eigenvalue weighted by molar-refractivity contribution is -0.149. The molecule has 3 aromatic carbocycles. The molecule has 0 radical (unpaired) electrons. The van der Waals surface area contributed by atoms with E-state index in [1.807, 2.05) is 38.1 Å². The number of primary amides is 1. The number of likely N-dealkylation sites (N-methyl/N-ethyl adjacent to an activating group) is 3. The molecular formula is C94H137N23O18S. The van der Waals surface area contributed by atoms with Gasteiger partial charge in [-0.15, -0.1) is 11.8 Å². The van der Waals surface area contributed by atoms with E-state index in [0.717, 1.165) is 21.6 Å². The van der Waals surface area contributed by atoms with Crippen LogP contribution >= 0.6 is 11.8 Å². The molecule has 9 rings (SSSR count). The van der Waals surface area contributed by atoms with Gasteiger partial charge >= 0.3 is 0 Å². The number of benzene rings is 3. The Bertz CT molecular complexity index is 5090. The van der Waals surface area contributed by atoms with Gasteiger partial charge in [-0.2, -0.15) is 0 Å². The third-order valence-electron chi connectivity index (χ3n) is 25.1. The molecule has 23 N–H and O–H groups in total. The number of carbonyl (C=O) groups is 16. The fraction of sp³-hybridized carbons (Fsp3) is 0.564. The summed E-state index contributed by atoms with van der Waals surface area (Å²) in [6.45, 7) is 7.80. The second-order valence-corrected chi connectivity index (χ2v) is 36.8. The van der Waals surface area contributed by atoms with Crippen molar-refractivity contribution in [3.05, 3.63) is 120 Å². The number of aromatic amines is 3. The number of fused-ring (bicyclic) bond motifs is 4. The molecule has 42 heteroatoms. The lowest BCUT2D eigenvalue weighted by Gasteiger charge is -2.36. The summed E-state index contributed by atoms with van der Waals surface area (Å²) >= 11 is 0.831. The molecule has 3 aliphatic rings. The highest BCUT2D eigenvalue weighted by molar-refractivity contribution is 8.00. The number of phenols is 1. The number of rotatable bonds is 29. The van der Waals surface area contributed by atoms with Gasteiger partial charge < -0.3 is 126 Å². The number of thioether (sulfide) groups is 1. The molecule has 16 amide bonds. The maximum Gasteiger partial charge on any atom is 0.245 e.